The highest BCUT2D eigenvalue weighted by atomic mass is 35.5. The number of amides is 1. The van der Waals surface area contributed by atoms with Crippen LogP contribution in [0.25, 0.3) is 0 Å². The van der Waals surface area contributed by atoms with Crippen molar-refractivity contribution in [2.24, 2.45) is 5.92 Å². The summed E-state index contributed by atoms with van der Waals surface area (Å²) in [6, 6.07) is 2.26. The average molecular weight is 336 g/mol. The van der Waals surface area contributed by atoms with Crippen molar-refractivity contribution in [1.29, 1.82) is 0 Å². The van der Waals surface area contributed by atoms with Crippen LogP contribution in [0.1, 0.15) is 35.2 Å². The Labute approximate surface area is 129 Å². The third kappa shape index (κ3) is 3.91. The van der Waals surface area contributed by atoms with Crippen LogP contribution in [0.2, 0.25) is 5.02 Å². The van der Waals surface area contributed by atoms with Gasteiger partial charge >= 0.3 is 12.1 Å². The van der Waals surface area contributed by atoms with Crippen molar-refractivity contribution >= 4 is 23.5 Å². The van der Waals surface area contributed by atoms with Crippen molar-refractivity contribution in [2.45, 2.75) is 31.5 Å². The quantitative estimate of drug-likeness (QED) is 0.890. The molecule has 1 aromatic rings. The molecule has 0 unspecified atom stereocenters. The Kier molecular flexibility index (Phi) is 4.65. The minimum Gasteiger partial charge on any atom is -0.481 e. The summed E-state index contributed by atoms with van der Waals surface area (Å²) in [5.41, 5.74) is -1.20. The standard InChI is InChI=1S/C14H13ClF3NO3/c15-10-4-8(3-9(6-10)14(16,17)18)12(20)19-11-2-1-7(5-11)13(21)22/h3-4,6-7,11H,1-2,5H2,(H,19,20)(H,21,22)/t7-,11+/m0/s1. The van der Waals surface area contributed by atoms with Crippen molar-refractivity contribution in [3.05, 3.63) is 34.3 Å². The zero-order valence-corrected chi connectivity index (χ0v) is 12.0. The van der Waals surface area contributed by atoms with E-state index in [2.05, 4.69) is 5.32 Å². The molecule has 8 heteroatoms. The molecule has 0 aliphatic heterocycles. The number of benzene rings is 1. The Balaban J connectivity index is 2.10. The van der Waals surface area contributed by atoms with Crippen LogP contribution in [-0.4, -0.2) is 23.0 Å². The maximum atomic E-state index is 12.7. The lowest BCUT2D eigenvalue weighted by atomic mass is 10.1. The Bertz CT molecular complexity index is 603. The van der Waals surface area contributed by atoms with Gasteiger partial charge in [0.1, 0.15) is 0 Å². The lowest BCUT2D eigenvalue weighted by molar-refractivity contribution is -0.141. The Morgan fingerprint density at radius 3 is 2.45 bits per heavy atom. The van der Waals surface area contributed by atoms with Crippen LogP contribution in [0.4, 0.5) is 13.2 Å². The summed E-state index contributed by atoms with van der Waals surface area (Å²) in [6.07, 6.45) is -3.41. The molecule has 1 aliphatic carbocycles. The van der Waals surface area contributed by atoms with Gasteiger partial charge in [0.25, 0.3) is 5.91 Å². The highest BCUT2D eigenvalue weighted by molar-refractivity contribution is 6.31. The molecule has 22 heavy (non-hydrogen) atoms. The van der Waals surface area contributed by atoms with Crippen LogP contribution < -0.4 is 5.32 Å². The number of carboxylic acids is 1. The number of carbonyl (C=O) groups excluding carboxylic acids is 1. The van der Waals surface area contributed by atoms with Gasteiger partial charge in [0.15, 0.2) is 0 Å². The molecule has 1 aromatic carbocycles. The normalized spacial score (nSPS) is 21.6. The molecule has 2 N–H and O–H groups in total. The monoisotopic (exact) mass is 335 g/mol. The van der Waals surface area contributed by atoms with Gasteiger partial charge in [-0.15, -0.1) is 0 Å². The Hall–Kier alpha value is -1.76. The molecular formula is C14H13ClF3NO3. The van der Waals surface area contributed by atoms with Gasteiger partial charge < -0.3 is 10.4 Å². The predicted molar refractivity (Wildman–Crippen MR) is 72.7 cm³/mol. The molecular weight excluding hydrogens is 323 g/mol. The summed E-state index contributed by atoms with van der Waals surface area (Å²) in [5, 5.41) is 11.3. The molecule has 0 radical (unpaired) electrons. The number of halogens is 4. The zero-order chi connectivity index (χ0) is 16.5. The molecule has 0 bridgehead atoms. The Morgan fingerprint density at radius 1 is 1.23 bits per heavy atom. The van der Waals surface area contributed by atoms with Crippen molar-refractivity contribution in [3.63, 3.8) is 0 Å². The van der Waals surface area contributed by atoms with E-state index in [0.29, 0.717) is 12.8 Å². The molecule has 0 saturated heterocycles. The topological polar surface area (TPSA) is 66.4 Å². The van der Waals surface area contributed by atoms with E-state index in [-0.39, 0.29) is 23.0 Å². The number of aliphatic carboxylic acids is 1. The van der Waals surface area contributed by atoms with E-state index in [1.54, 1.807) is 0 Å². The lowest BCUT2D eigenvalue weighted by Crippen LogP contribution is -2.33. The summed E-state index contributed by atoms with van der Waals surface area (Å²) < 4.78 is 38.1. The number of alkyl halides is 3. The van der Waals surface area contributed by atoms with E-state index in [1.807, 2.05) is 0 Å². The third-order valence-electron chi connectivity index (χ3n) is 3.60. The summed E-state index contributed by atoms with van der Waals surface area (Å²) in [7, 11) is 0. The van der Waals surface area contributed by atoms with Crippen molar-refractivity contribution in [1.82, 2.24) is 5.32 Å². The first-order chi connectivity index (χ1) is 10.2. The van der Waals surface area contributed by atoms with Crippen LogP contribution in [0, 0.1) is 5.92 Å². The number of nitrogens with one attached hydrogen (secondary N) is 1. The van der Waals surface area contributed by atoms with Crippen molar-refractivity contribution in [2.75, 3.05) is 0 Å². The second-order valence-corrected chi connectivity index (χ2v) is 5.68. The molecule has 0 heterocycles. The van der Waals surface area contributed by atoms with E-state index < -0.39 is 29.5 Å². The van der Waals surface area contributed by atoms with E-state index in [0.717, 1.165) is 18.2 Å². The fourth-order valence-corrected chi connectivity index (χ4v) is 2.73. The second-order valence-electron chi connectivity index (χ2n) is 5.24. The average Bonchev–Trinajstić information content (AvgIpc) is 2.85. The maximum Gasteiger partial charge on any atom is 0.416 e. The largest absolute Gasteiger partial charge is 0.481 e. The van der Waals surface area contributed by atoms with Gasteiger partial charge in [0.05, 0.1) is 11.5 Å². The van der Waals surface area contributed by atoms with Crippen LogP contribution in [0.5, 0.6) is 0 Å². The highest BCUT2D eigenvalue weighted by Crippen LogP contribution is 2.32. The van der Waals surface area contributed by atoms with E-state index in [1.165, 1.54) is 0 Å². The number of hydrogen-bond donors (Lipinski definition) is 2. The first-order valence-electron chi connectivity index (χ1n) is 6.58. The first kappa shape index (κ1) is 16.6. The molecule has 1 aliphatic rings. The summed E-state index contributed by atoms with van der Waals surface area (Å²) in [4.78, 5) is 22.9. The minimum atomic E-state index is -4.60. The molecule has 1 amide bonds. The van der Waals surface area contributed by atoms with E-state index >= 15 is 0 Å². The van der Waals surface area contributed by atoms with Crippen molar-refractivity contribution < 1.29 is 27.9 Å². The number of hydrogen-bond acceptors (Lipinski definition) is 2. The number of carbonyl (C=O) groups is 2. The molecule has 1 fully saturated rings. The smallest absolute Gasteiger partial charge is 0.416 e. The molecule has 120 valence electrons. The van der Waals surface area contributed by atoms with Gasteiger partial charge in [-0.1, -0.05) is 11.6 Å². The molecule has 4 nitrogen and oxygen atoms in total. The summed E-state index contributed by atoms with van der Waals surface area (Å²) in [6.45, 7) is 0. The minimum absolute atomic E-state index is 0.185. The lowest BCUT2D eigenvalue weighted by Gasteiger charge is -2.14. The first-order valence-corrected chi connectivity index (χ1v) is 6.96. The van der Waals surface area contributed by atoms with E-state index in [4.69, 9.17) is 16.7 Å². The van der Waals surface area contributed by atoms with E-state index in [9.17, 15) is 22.8 Å². The summed E-state index contributed by atoms with van der Waals surface area (Å²) >= 11 is 5.62. The fraction of sp³-hybridized carbons (Fsp3) is 0.429. The van der Waals surface area contributed by atoms with Crippen LogP contribution in [0.15, 0.2) is 18.2 Å². The van der Waals surface area contributed by atoms with Gasteiger partial charge in [-0.2, -0.15) is 13.2 Å². The molecule has 2 rings (SSSR count). The van der Waals surface area contributed by atoms with Gasteiger partial charge in [-0.25, -0.2) is 0 Å². The van der Waals surface area contributed by atoms with Crippen LogP contribution in [-0.2, 0) is 11.0 Å². The highest BCUT2D eigenvalue weighted by Gasteiger charge is 2.33. The Morgan fingerprint density at radius 2 is 1.91 bits per heavy atom. The molecule has 2 atom stereocenters. The van der Waals surface area contributed by atoms with Crippen LogP contribution >= 0.6 is 11.6 Å². The van der Waals surface area contributed by atoms with Gasteiger partial charge in [-0.3, -0.25) is 9.59 Å². The third-order valence-corrected chi connectivity index (χ3v) is 3.82. The maximum absolute atomic E-state index is 12.7. The van der Waals surface area contributed by atoms with Crippen LogP contribution in [0.3, 0.4) is 0 Å². The van der Waals surface area contributed by atoms with Gasteiger partial charge in [0.2, 0.25) is 0 Å². The van der Waals surface area contributed by atoms with Crippen molar-refractivity contribution in [3.8, 4) is 0 Å². The number of rotatable bonds is 3. The summed E-state index contributed by atoms with van der Waals surface area (Å²) in [5.74, 6) is -2.15. The molecule has 0 spiro atoms. The zero-order valence-electron chi connectivity index (χ0n) is 11.3. The fourth-order valence-electron chi connectivity index (χ4n) is 2.49. The molecule has 1 saturated carbocycles. The van der Waals surface area contributed by atoms with Gasteiger partial charge in [0, 0.05) is 16.6 Å². The second kappa shape index (κ2) is 6.16. The number of carboxylic acid groups (broad SMARTS) is 1. The predicted octanol–water partition coefficient (Wildman–Crippen LogP) is 3.34. The van der Waals surface area contributed by atoms with Gasteiger partial charge in [-0.05, 0) is 37.5 Å². The molecule has 0 aromatic heterocycles. The SMILES string of the molecule is O=C(N[C@@H]1CC[C@H](C(=O)O)C1)c1cc(Cl)cc(C(F)(F)F)c1.